The van der Waals surface area contributed by atoms with Crippen molar-refractivity contribution in [1.82, 2.24) is 5.32 Å². The molecule has 0 fully saturated rings. The Bertz CT molecular complexity index is 576. The number of carboxylic acids is 1. The molecule has 0 radical (unpaired) electrons. The lowest BCUT2D eigenvalue weighted by atomic mass is 10.1. The number of nitro benzene ring substituents is 1. The van der Waals surface area contributed by atoms with E-state index in [-0.39, 0.29) is 12.6 Å². The van der Waals surface area contributed by atoms with Crippen LogP contribution in [0.4, 0.5) is 14.5 Å². The van der Waals surface area contributed by atoms with E-state index in [2.05, 4.69) is 5.32 Å². The molecule has 2 N–H and O–H groups in total. The standard InChI is InChI=1S/C11H10F2N2O5/c1-5(11(17)18)4-14-10(16)6-2-9(15(19)20)8(13)3-7(6)12/h2-3,5H,4H2,1H3,(H,14,16)(H,17,18). The number of halogens is 2. The van der Waals surface area contributed by atoms with Crippen LogP contribution in [0.1, 0.15) is 17.3 Å². The summed E-state index contributed by atoms with van der Waals surface area (Å²) < 4.78 is 26.5. The van der Waals surface area contributed by atoms with Crippen molar-refractivity contribution in [2.45, 2.75) is 6.92 Å². The van der Waals surface area contributed by atoms with Crippen molar-refractivity contribution in [1.29, 1.82) is 0 Å². The maximum atomic E-state index is 13.4. The number of nitrogens with zero attached hydrogens (tertiary/aromatic N) is 1. The van der Waals surface area contributed by atoms with Gasteiger partial charge in [-0.2, -0.15) is 4.39 Å². The molecule has 1 rings (SSSR count). The summed E-state index contributed by atoms with van der Waals surface area (Å²) >= 11 is 0. The van der Waals surface area contributed by atoms with Gasteiger partial charge < -0.3 is 10.4 Å². The number of amides is 1. The predicted octanol–water partition coefficient (Wildman–Crippen LogP) is 1.32. The van der Waals surface area contributed by atoms with Crippen LogP contribution in [0, 0.1) is 27.7 Å². The highest BCUT2D eigenvalue weighted by atomic mass is 19.1. The van der Waals surface area contributed by atoms with Gasteiger partial charge in [-0.15, -0.1) is 0 Å². The molecule has 20 heavy (non-hydrogen) atoms. The fourth-order valence-electron chi connectivity index (χ4n) is 1.28. The van der Waals surface area contributed by atoms with Crippen LogP contribution in [-0.2, 0) is 4.79 Å². The highest BCUT2D eigenvalue weighted by Gasteiger charge is 2.23. The second kappa shape index (κ2) is 6.04. The Morgan fingerprint density at radius 1 is 1.40 bits per heavy atom. The van der Waals surface area contributed by atoms with E-state index in [0.29, 0.717) is 6.07 Å². The monoisotopic (exact) mass is 288 g/mol. The van der Waals surface area contributed by atoms with Gasteiger partial charge in [-0.1, -0.05) is 6.92 Å². The second-order valence-electron chi connectivity index (χ2n) is 3.99. The summed E-state index contributed by atoms with van der Waals surface area (Å²) in [4.78, 5) is 31.5. The summed E-state index contributed by atoms with van der Waals surface area (Å²) in [6.07, 6.45) is 0. The molecular weight excluding hydrogens is 278 g/mol. The molecule has 0 saturated carbocycles. The van der Waals surface area contributed by atoms with Gasteiger partial charge in [0.05, 0.1) is 16.4 Å². The third kappa shape index (κ3) is 3.46. The zero-order valence-electron chi connectivity index (χ0n) is 10.2. The number of benzene rings is 1. The number of carbonyl (C=O) groups is 2. The van der Waals surface area contributed by atoms with E-state index in [0.717, 1.165) is 0 Å². The minimum absolute atomic E-state index is 0.230. The Balaban J connectivity index is 2.96. The molecule has 0 aromatic heterocycles. The fraction of sp³-hybridized carbons (Fsp3) is 0.273. The summed E-state index contributed by atoms with van der Waals surface area (Å²) in [5, 5.41) is 21.2. The van der Waals surface area contributed by atoms with E-state index in [4.69, 9.17) is 5.11 Å². The van der Waals surface area contributed by atoms with Gasteiger partial charge in [-0.25, -0.2) is 4.39 Å². The molecule has 0 aliphatic rings. The third-order valence-electron chi connectivity index (χ3n) is 2.47. The van der Waals surface area contributed by atoms with Gasteiger partial charge in [-0.3, -0.25) is 19.7 Å². The van der Waals surface area contributed by atoms with Crippen molar-refractivity contribution in [3.63, 3.8) is 0 Å². The SMILES string of the molecule is CC(CNC(=O)c1cc([N+](=O)[O-])c(F)cc1F)C(=O)O. The Morgan fingerprint density at radius 2 is 2.00 bits per heavy atom. The second-order valence-corrected chi connectivity index (χ2v) is 3.99. The molecular formula is C11H10F2N2O5. The topological polar surface area (TPSA) is 110 Å². The lowest BCUT2D eigenvalue weighted by Gasteiger charge is -2.09. The summed E-state index contributed by atoms with van der Waals surface area (Å²) in [5.74, 6) is -5.82. The van der Waals surface area contributed by atoms with E-state index in [1.165, 1.54) is 6.92 Å². The van der Waals surface area contributed by atoms with Crippen LogP contribution < -0.4 is 5.32 Å². The molecule has 0 aliphatic carbocycles. The molecule has 1 aromatic rings. The highest BCUT2D eigenvalue weighted by molar-refractivity contribution is 5.95. The summed E-state index contributed by atoms with van der Waals surface area (Å²) in [7, 11) is 0. The number of carbonyl (C=O) groups excluding carboxylic acids is 1. The van der Waals surface area contributed by atoms with Gasteiger partial charge in [0, 0.05) is 18.7 Å². The minimum atomic E-state index is -1.40. The normalized spacial score (nSPS) is 11.8. The number of nitrogens with one attached hydrogen (secondary N) is 1. The van der Waals surface area contributed by atoms with Gasteiger partial charge in [0.1, 0.15) is 5.82 Å². The molecule has 0 bridgehead atoms. The fourth-order valence-corrected chi connectivity index (χ4v) is 1.28. The average Bonchev–Trinajstić information content (AvgIpc) is 2.34. The van der Waals surface area contributed by atoms with E-state index in [1.54, 1.807) is 0 Å². The molecule has 0 spiro atoms. The van der Waals surface area contributed by atoms with Crippen molar-refractivity contribution in [2.24, 2.45) is 5.92 Å². The summed E-state index contributed by atoms with van der Waals surface area (Å²) in [6, 6.07) is 0.694. The zero-order valence-corrected chi connectivity index (χ0v) is 10.2. The Hall–Kier alpha value is -2.58. The van der Waals surface area contributed by atoms with Gasteiger partial charge in [-0.05, 0) is 0 Å². The molecule has 1 atom stereocenters. The first-order chi connectivity index (χ1) is 9.23. The van der Waals surface area contributed by atoms with Crippen molar-refractivity contribution < 1.29 is 28.4 Å². The summed E-state index contributed by atoms with van der Waals surface area (Å²) in [5.41, 5.74) is -1.77. The molecule has 7 nitrogen and oxygen atoms in total. The Morgan fingerprint density at radius 3 is 2.50 bits per heavy atom. The molecule has 1 unspecified atom stereocenters. The van der Waals surface area contributed by atoms with Crippen LogP contribution in [0.2, 0.25) is 0 Å². The first-order valence-electron chi connectivity index (χ1n) is 5.38. The quantitative estimate of drug-likeness (QED) is 0.627. The largest absolute Gasteiger partial charge is 0.481 e. The van der Waals surface area contributed by atoms with Gasteiger partial charge >= 0.3 is 11.7 Å². The maximum absolute atomic E-state index is 13.4. The van der Waals surface area contributed by atoms with Crippen molar-refractivity contribution in [2.75, 3.05) is 6.54 Å². The maximum Gasteiger partial charge on any atom is 0.308 e. The van der Waals surface area contributed by atoms with E-state index in [1.807, 2.05) is 0 Å². The number of hydrogen-bond donors (Lipinski definition) is 2. The van der Waals surface area contributed by atoms with Crippen LogP contribution in [-0.4, -0.2) is 28.5 Å². The van der Waals surface area contributed by atoms with Gasteiger partial charge in [0.25, 0.3) is 5.91 Å². The van der Waals surface area contributed by atoms with Crippen LogP contribution in [0.15, 0.2) is 12.1 Å². The lowest BCUT2D eigenvalue weighted by molar-refractivity contribution is -0.387. The molecule has 9 heteroatoms. The van der Waals surface area contributed by atoms with Crippen molar-refractivity contribution in [3.8, 4) is 0 Å². The number of rotatable bonds is 5. The number of nitro groups is 1. The lowest BCUT2D eigenvalue weighted by Crippen LogP contribution is -2.32. The van der Waals surface area contributed by atoms with E-state index in [9.17, 15) is 28.5 Å². The van der Waals surface area contributed by atoms with Crippen LogP contribution in [0.25, 0.3) is 0 Å². The third-order valence-corrected chi connectivity index (χ3v) is 2.47. The number of hydrogen-bond acceptors (Lipinski definition) is 4. The van der Waals surface area contributed by atoms with E-state index < -0.39 is 45.6 Å². The number of carboxylic acid groups (broad SMARTS) is 1. The van der Waals surface area contributed by atoms with E-state index >= 15 is 0 Å². The molecule has 0 saturated heterocycles. The molecule has 0 heterocycles. The van der Waals surface area contributed by atoms with Crippen LogP contribution in [0.3, 0.4) is 0 Å². The first kappa shape index (κ1) is 15.5. The number of aliphatic carboxylic acids is 1. The van der Waals surface area contributed by atoms with Crippen LogP contribution >= 0.6 is 0 Å². The van der Waals surface area contributed by atoms with Gasteiger partial charge in [0.15, 0.2) is 0 Å². The first-order valence-corrected chi connectivity index (χ1v) is 5.38. The molecule has 0 aliphatic heterocycles. The van der Waals surface area contributed by atoms with Crippen LogP contribution in [0.5, 0.6) is 0 Å². The molecule has 1 amide bonds. The zero-order chi connectivity index (χ0) is 15.4. The van der Waals surface area contributed by atoms with Gasteiger partial charge in [0.2, 0.25) is 5.82 Å². The molecule has 108 valence electrons. The predicted molar refractivity (Wildman–Crippen MR) is 62.1 cm³/mol. The van der Waals surface area contributed by atoms with Crippen molar-refractivity contribution >= 4 is 17.6 Å². The Labute approximate surface area is 111 Å². The minimum Gasteiger partial charge on any atom is -0.481 e. The highest BCUT2D eigenvalue weighted by Crippen LogP contribution is 2.21. The molecule has 1 aromatic carbocycles. The summed E-state index contributed by atoms with van der Waals surface area (Å²) in [6.45, 7) is 1.02. The Kier molecular flexibility index (Phi) is 4.68. The smallest absolute Gasteiger partial charge is 0.308 e. The van der Waals surface area contributed by atoms with Crippen molar-refractivity contribution in [3.05, 3.63) is 39.4 Å². The average molecular weight is 288 g/mol.